The molecule has 3 N–H and O–H groups in total. The normalized spacial score (nSPS) is 15.3. The maximum atomic E-state index is 5.76. The number of benzene rings is 1. The van der Waals surface area contributed by atoms with E-state index in [-0.39, 0.29) is 0 Å². The van der Waals surface area contributed by atoms with E-state index in [1.807, 2.05) is 26.4 Å². The topological polar surface area (TPSA) is 54.2 Å². The fourth-order valence-electron chi connectivity index (χ4n) is 4.02. The highest BCUT2D eigenvalue weighted by Crippen LogP contribution is 2.27. The second kappa shape index (κ2) is 14.4. The molecular formula is C25H40N4S. The Hall–Kier alpha value is -1.56. The van der Waals surface area contributed by atoms with Crippen LogP contribution in [-0.4, -0.2) is 50.2 Å². The van der Waals surface area contributed by atoms with Gasteiger partial charge in [0.1, 0.15) is 0 Å². The molecular weight excluding hydrogens is 388 g/mol. The fraction of sp³-hybridized carbons (Fsp3) is 0.560. The van der Waals surface area contributed by atoms with Crippen molar-refractivity contribution >= 4 is 17.4 Å². The first kappa shape index (κ1) is 24.7. The van der Waals surface area contributed by atoms with Crippen LogP contribution in [0.3, 0.4) is 0 Å². The van der Waals surface area contributed by atoms with E-state index in [1.54, 1.807) is 0 Å². The van der Waals surface area contributed by atoms with Gasteiger partial charge in [-0.2, -0.15) is 11.8 Å². The van der Waals surface area contributed by atoms with Gasteiger partial charge < -0.3 is 16.0 Å². The number of hydrogen-bond donors (Lipinski definition) is 2. The van der Waals surface area contributed by atoms with Gasteiger partial charge in [0.25, 0.3) is 0 Å². The van der Waals surface area contributed by atoms with Crippen LogP contribution in [-0.2, 0) is 25.7 Å². The van der Waals surface area contributed by atoms with Gasteiger partial charge in [0.15, 0.2) is 0 Å². The van der Waals surface area contributed by atoms with E-state index < -0.39 is 0 Å². The van der Waals surface area contributed by atoms with E-state index in [0.717, 1.165) is 19.4 Å². The molecule has 1 aliphatic carbocycles. The number of anilines is 1. The van der Waals surface area contributed by atoms with Gasteiger partial charge in [-0.25, -0.2) is 0 Å². The van der Waals surface area contributed by atoms with E-state index >= 15 is 0 Å². The zero-order valence-corrected chi connectivity index (χ0v) is 19.9. The van der Waals surface area contributed by atoms with Crippen LogP contribution < -0.4 is 16.0 Å². The summed E-state index contributed by atoms with van der Waals surface area (Å²) in [6.45, 7) is 5.32. The van der Waals surface area contributed by atoms with E-state index in [9.17, 15) is 0 Å². The van der Waals surface area contributed by atoms with Crippen LogP contribution in [0, 0.1) is 0 Å². The van der Waals surface area contributed by atoms with E-state index in [4.69, 9.17) is 5.73 Å². The predicted octanol–water partition coefficient (Wildman–Crippen LogP) is 4.10. The fourth-order valence-corrected chi connectivity index (χ4v) is 4.92. The maximum Gasteiger partial charge on any atom is 0.0435 e. The molecule has 166 valence electrons. The molecule has 1 fully saturated rings. The molecule has 0 unspecified atom stereocenters. The standard InChI is InChI=1S/C14H22N2S.C9H11N.C2H7N/c1-2-12-4-3-5-14(13(12)6-7-15)16-8-10-17-11-9-16;1-2-6-9-8(4-1)5-3-7-10-9;1-3-2/h3-5H,2,6-11,15H2,1H3;3,5,7H,1-2,4,6H2;3H,1-2H3. The first-order chi connectivity index (χ1) is 14.7. The molecule has 0 saturated carbocycles. The number of aromatic nitrogens is 1. The summed E-state index contributed by atoms with van der Waals surface area (Å²) < 4.78 is 0. The number of nitrogens with two attached hydrogens (primary N) is 1. The van der Waals surface area contributed by atoms with Crippen LogP contribution in [0.2, 0.25) is 0 Å². The minimum atomic E-state index is 0.743. The zero-order valence-electron chi connectivity index (χ0n) is 19.1. The summed E-state index contributed by atoms with van der Waals surface area (Å²) in [6, 6.07) is 10.9. The lowest BCUT2D eigenvalue weighted by atomic mass is 9.96. The van der Waals surface area contributed by atoms with Crippen molar-refractivity contribution in [3.05, 3.63) is 58.9 Å². The molecule has 0 amide bonds. The molecule has 5 heteroatoms. The number of nitrogens with one attached hydrogen (secondary N) is 1. The summed E-state index contributed by atoms with van der Waals surface area (Å²) in [5.41, 5.74) is 12.9. The average Bonchev–Trinajstić information content (AvgIpc) is 2.81. The molecule has 4 nitrogen and oxygen atoms in total. The number of hydrogen-bond acceptors (Lipinski definition) is 5. The minimum absolute atomic E-state index is 0.743. The highest BCUT2D eigenvalue weighted by atomic mass is 32.2. The van der Waals surface area contributed by atoms with Gasteiger partial charge in [-0.1, -0.05) is 25.1 Å². The summed E-state index contributed by atoms with van der Waals surface area (Å²) >= 11 is 2.06. The van der Waals surface area contributed by atoms with Crippen LogP contribution in [0.15, 0.2) is 36.5 Å². The molecule has 0 radical (unpaired) electrons. The lowest BCUT2D eigenvalue weighted by Crippen LogP contribution is -2.33. The van der Waals surface area contributed by atoms with Gasteiger partial charge in [-0.05, 0) is 88.0 Å². The van der Waals surface area contributed by atoms with Gasteiger partial charge >= 0.3 is 0 Å². The highest BCUT2D eigenvalue weighted by molar-refractivity contribution is 7.99. The third-order valence-corrected chi connectivity index (χ3v) is 6.41. The third kappa shape index (κ3) is 7.60. The maximum absolute atomic E-state index is 5.76. The Labute approximate surface area is 188 Å². The van der Waals surface area contributed by atoms with Crippen LogP contribution in [0.4, 0.5) is 5.69 Å². The number of rotatable bonds is 4. The molecule has 30 heavy (non-hydrogen) atoms. The average molecular weight is 429 g/mol. The smallest absolute Gasteiger partial charge is 0.0435 e. The molecule has 1 aromatic carbocycles. The second-order valence-electron chi connectivity index (χ2n) is 7.72. The Kier molecular flexibility index (Phi) is 11.9. The SMILES string of the molecule is CCc1cccc(N2CCSCC2)c1CCN.CNC.c1cnc2c(c1)CCCC2. The lowest BCUT2D eigenvalue weighted by Gasteiger charge is -2.31. The molecule has 0 bridgehead atoms. The summed E-state index contributed by atoms with van der Waals surface area (Å²) in [6.07, 6.45) is 9.10. The molecule has 2 heterocycles. The molecule has 0 spiro atoms. The highest BCUT2D eigenvalue weighted by Gasteiger charge is 2.15. The van der Waals surface area contributed by atoms with Crippen molar-refractivity contribution in [2.45, 2.75) is 45.4 Å². The minimum Gasteiger partial charge on any atom is -0.370 e. The predicted molar refractivity (Wildman–Crippen MR) is 134 cm³/mol. The lowest BCUT2D eigenvalue weighted by molar-refractivity contribution is 0.668. The molecule has 4 rings (SSSR count). The van der Waals surface area contributed by atoms with Gasteiger partial charge in [0, 0.05) is 42.2 Å². The number of thioether (sulfide) groups is 1. The molecule has 1 aromatic heterocycles. The Morgan fingerprint density at radius 1 is 1.07 bits per heavy atom. The van der Waals surface area contributed by atoms with Gasteiger partial charge in [-0.15, -0.1) is 0 Å². The summed E-state index contributed by atoms with van der Waals surface area (Å²) in [5.74, 6) is 2.50. The van der Waals surface area contributed by atoms with Crippen molar-refractivity contribution in [3.8, 4) is 0 Å². The van der Waals surface area contributed by atoms with Crippen LogP contribution in [0.1, 0.15) is 42.1 Å². The van der Waals surface area contributed by atoms with Crippen molar-refractivity contribution in [1.29, 1.82) is 0 Å². The van der Waals surface area contributed by atoms with Gasteiger partial charge in [0.05, 0.1) is 0 Å². The molecule has 2 aliphatic rings. The largest absolute Gasteiger partial charge is 0.370 e. The molecule has 1 aliphatic heterocycles. The Balaban J connectivity index is 0.000000208. The van der Waals surface area contributed by atoms with Crippen molar-refractivity contribution < 1.29 is 0 Å². The van der Waals surface area contributed by atoms with Crippen LogP contribution in [0.5, 0.6) is 0 Å². The van der Waals surface area contributed by atoms with Crippen molar-refractivity contribution in [3.63, 3.8) is 0 Å². The number of nitrogens with zero attached hydrogens (tertiary/aromatic N) is 2. The van der Waals surface area contributed by atoms with Crippen LogP contribution in [0.25, 0.3) is 0 Å². The third-order valence-electron chi connectivity index (χ3n) is 5.47. The number of pyridine rings is 1. The second-order valence-corrected chi connectivity index (χ2v) is 8.95. The molecule has 0 atom stereocenters. The first-order valence-corrected chi connectivity index (χ1v) is 12.5. The van der Waals surface area contributed by atoms with Crippen LogP contribution >= 0.6 is 11.8 Å². The number of aryl methyl sites for hydroxylation is 3. The van der Waals surface area contributed by atoms with Crippen molar-refractivity contribution in [1.82, 2.24) is 10.3 Å². The first-order valence-electron chi connectivity index (χ1n) is 11.4. The van der Waals surface area contributed by atoms with E-state index in [0.29, 0.717) is 0 Å². The van der Waals surface area contributed by atoms with E-state index in [2.05, 4.69) is 58.2 Å². The summed E-state index contributed by atoms with van der Waals surface area (Å²) in [5, 5.41) is 2.75. The Morgan fingerprint density at radius 2 is 1.80 bits per heavy atom. The van der Waals surface area contributed by atoms with Crippen molar-refractivity contribution in [2.75, 3.05) is 50.1 Å². The van der Waals surface area contributed by atoms with Crippen molar-refractivity contribution in [2.24, 2.45) is 5.73 Å². The molecule has 2 aromatic rings. The Bertz CT molecular complexity index is 704. The Morgan fingerprint density at radius 3 is 2.47 bits per heavy atom. The summed E-state index contributed by atoms with van der Waals surface area (Å²) in [7, 11) is 3.75. The molecule has 1 saturated heterocycles. The zero-order chi connectivity index (χ0) is 21.6. The van der Waals surface area contributed by atoms with Gasteiger partial charge in [0.2, 0.25) is 0 Å². The van der Waals surface area contributed by atoms with Gasteiger partial charge in [-0.3, -0.25) is 4.98 Å². The van der Waals surface area contributed by atoms with E-state index in [1.165, 1.54) is 78.4 Å². The quantitative estimate of drug-likeness (QED) is 0.768. The summed E-state index contributed by atoms with van der Waals surface area (Å²) in [4.78, 5) is 6.85. The monoisotopic (exact) mass is 428 g/mol. The number of fused-ring (bicyclic) bond motifs is 1.